The van der Waals surface area contributed by atoms with Crippen LogP contribution >= 0.6 is 0 Å². The van der Waals surface area contributed by atoms with Gasteiger partial charge < -0.3 is 14.5 Å². The molecule has 1 unspecified atom stereocenters. The van der Waals surface area contributed by atoms with Gasteiger partial charge in [-0.3, -0.25) is 4.79 Å². The topological polar surface area (TPSA) is 81.4 Å². The number of rotatable bonds is 4. The Morgan fingerprint density at radius 3 is 2.80 bits per heavy atom. The number of ether oxygens (including phenoxy) is 1. The summed E-state index contributed by atoms with van der Waals surface area (Å²) in [5.41, 5.74) is 4.19. The van der Waals surface area contributed by atoms with E-state index < -0.39 is 12.1 Å². The molecule has 25 heavy (non-hydrogen) atoms. The molecule has 1 aromatic heterocycles. The SMILES string of the molecule is Cc1cccc(NC(=O)C(C)OC(=O)c2ccc3ncoc3c2)c1C. The number of nitrogens with one attached hydrogen (secondary N) is 1. The first-order chi connectivity index (χ1) is 12.0. The maximum Gasteiger partial charge on any atom is 0.339 e. The van der Waals surface area contributed by atoms with E-state index in [2.05, 4.69) is 10.3 Å². The number of amides is 1. The summed E-state index contributed by atoms with van der Waals surface area (Å²) in [6, 6.07) is 10.4. The fourth-order valence-corrected chi connectivity index (χ4v) is 2.39. The Morgan fingerprint density at radius 2 is 2.00 bits per heavy atom. The first-order valence-electron chi connectivity index (χ1n) is 7.87. The second-order valence-electron chi connectivity index (χ2n) is 5.82. The molecule has 0 bridgehead atoms. The molecule has 1 amide bonds. The second kappa shape index (κ2) is 6.76. The van der Waals surface area contributed by atoms with Crippen molar-refractivity contribution in [1.82, 2.24) is 4.98 Å². The van der Waals surface area contributed by atoms with Crippen molar-refractivity contribution in [1.29, 1.82) is 0 Å². The molecule has 1 heterocycles. The largest absolute Gasteiger partial charge is 0.449 e. The monoisotopic (exact) mass is 338 g/mol. The molecule has 2 aromatic carbocycles. The molecule has 0 aliphatic rings. The first-order valence-corrected chi connectivity index (χ1v) is 7.87. The van der Waals surface area contributed by atoms with Crippen molar-refractivity contribution in [3.05, 3.63) is 59.5 Å². The van der Waals surface area contributed by atoms with Crippen LogP contribution in [0.5, 0.6) is 0 Å². The standard InChI is InChI=1S/C19H18N2O4/c1-11-5-4-6-15(12(11)2)21-18(22)13(3)25-19(23)14-7-8-16-17(9-14)24-10-20-16/h4-10,13H,1-3H3,(H,21,22). The Bertz CT molecular complexity index is 946. The van der Waals surface area contributed by atoms with Crippen molar-refractivity contribution in [2.75, 3.05) is 5.32 Å². The lowest BCUT2D eigenvalue weighted by Crippen LogP contribution is -2.30. The fourth-order valence-electron chi connectivity index (χ4n) is 2.39. The predicted octanol–water partition coefficient (Wildman–Crippen LogP) is 3.63. The number of aromatic nitrogens is 1. The summed E-state index contributed by atoms with van der Waals surface area (Å²) in [6.07, 6.45) is 0.373. The fraction of sp³-hybridized carbons (Fsp3) is 0.211. The predicted molar refractivity (Wildman–Crippen MR) is 93.4 cm³/mol. The van der Waals surface area contributed by atoms with E-state index in [1.54, 1.807) is 18.2 Å². The zero-order chi connectivity index (χ0) is 18.0. The van der Waals surface area contributed by atoms with Gasteiger partial charge in [0, 0.05) is 5.69 Å². The smallest absolute Gasteiger partial charge is 0.339 e. The third-order valence-corrected chi connectivity index (χ3v) is 4.08. The van der Waals surface area contributed by atoms with Crippen molar-refractivity contribution < 1.29 is 18.7 Å². The van der Waals surface area contributed by atoms with Crippen LogP contribution < -0.4 is 5.32 Å². The molecular formula is C19H18N2O4. The van der Waals surface area contributed by atoms with E-state index in [0.717, 1.165) is 11.1 Å². The highest BCUT2D eigenvalue weighted by Gasteiger charge is 2.20. The quantitative estimate of drug-likeness (QED) is 0.735. The van der Waals surface area contributed by atoms with Gasteiger partial charge in [-0.25, -0.2) is 9.78 Å². The van der Waals surface area contributed by atoms with E-state index in [9.17, 15) is 9.59 Å². The van der Waals surface area contributed by atoms with Gasteiger partial charge in [0.1, 0.15) is 5.52 Å². The van der Waals surface area contributed by atoms with Gasteiger partial charge >= 0.3 is 5.97 Å². The molecular weight excluding hydrogens is 320 g/mol. The Morgan fingerprint density at radius 1 is 1.20 bits per heavy atom. The molecule has 0 fully saturated rings. The molecule has 128 valence electrons. The maximum absolute atomic E-state index is 12.3. The molecule has 0 aliphatic carbocycles. The molecule has 1 atom stereocenters. The van der Waals surface area contributed by atoms with Crippen LogP contribution in [0.15, 0.2) is 47.2 Å². The Kier molecular flexibility index (Phi) is 4.52. The average molecular weight is 338 g/mol. The van der Waals surface area contributed by atoms with Gasteiger partial charge in [-0.05, 0) is 56.2 Å². The van der Waals surface area contributed by atoms with Gasteiger partial charge in [0.25, 0.3) is 5.91 Å². The number of hydrogen-bond donors (Lipinski definition) is 1. The van der Waals surface area contributed by atoms with E-state index in [0.29, 0.717) is 22.4 Å². The number of anilines is 1. The number of oxazole rings is 1. The van der Waals surface area contributed by atoms with Crippen molar-refractivity contribution in [2.24, 2.45) is 0 Å². The summed E-state index contributed by atoms with van der Waals surface area (Å²) in [5.74, 6) is -0.982. The van der Waals surface area contributed by atoms with E-state index in [1.165, 1.54) is 13.3 Å². The summed E-state index contributed by atoms with van der Waals surface area (Å²) in [5, 5.41) is 2.79. The molecule has 0 saturated heterocycles. The number of esters is 1. The number of carbonyl (C=O) groups excluding carboxylic acids is 2. The molecule has 0 radical (unpaired) electrons. The highest BCUT2D eigenvalue weighted by Crippen LogP contribution is 2.19. The van der Waals surface area contributed by atoms with Gasteiger partial charge in [-0.15, -0.1) is 0 Å². The molecule has 0 spiro atoms. The molecule has 6 heteroatoms. The maximum atomic E-state index is 12.3. The minimum absolute atomic E-state index is 0.302. The van der Waals surface area contributed by atoms with Gasteiger partial charge in [0.05, 0.1) is 5.56 Å². The van der Waals surface area contributed by atoms with Crippen LogP contribution in [0.25, 0.3) is 11.1 Å². The number of fused-ring (bicyclic) bond motifs is 1. The highest BCUT2D eigenvalue weighted by atomic mass is 16.5. The molecule has 6 nitrogen and oxygen atoms in total. The minimum atomic E-state index is -0.933. The molecule has 3 aromatic rings. The Hall–Kier alpha value is -3.15. The van der Waals surface area contributed by atoms with E-state index >= 15 is 0 Å². The highest BCUT2D eigenvalue weighted by molar-refractivity contribution is 5.98. The average Bonchev–Trinajstić information content (AvgIpc) is 3.06. The van der Waals surface area contributed by atoms with Crippen molar-refractivity contribution in [3.8, 4) is 0 Å². The van der Waals surface area contributed by atoms with Crippen LogP contribution in [0.4, 0.5) is 5.69 Å². The summed E-state index contributed by atoms with van der Waals surface area (Å²) in [4.78, 5) is 28.5. The number of nitrogens with zero attached hydrogens (tertiary/aromatic N) is 1. The summed E-state index contributed by atoms with van der Waals surface area (Å²) in [7, 11) is 0. The zero-order valence-corrected chi connectivity index (χ0v) is 14.2. The van der Waals surface area contributed by atoms with Crippen molar-refractivity contribution in [3.63, 3.8) is 0 Å². The lowest BCUT2D eigenvalue weighted by atomic mass is 10.1. The van der Waals surface area contributed by atoms with Crippen LogP contribution in [0.1, 0.15) is 28.4 Å². The first kappa shape index (κ1) is 16.7. The summed E-state index contributed by atoms with van der Waals surface area (Å²) >= 11 is 0. The van der Waals surface area contributed by atoms with E-state index in [4.69, 9.17) is 9.15 Å². The lowest BCUT2D eigenvalue weighted by Gasteiger charge is -2.15. The van der Waals surface area contributed by atoms with Crippen molar-refractivity contribution >= 4 is 28.7 Å². The number of hydrogen-bond acceptors (Lipinski definition) is 5. The molecule has 0 aliphatic heterocycles. The summed E-state index contributed by atoms with van der Waals surface area (Å²) in [6.45, 7) is 5.42. The third-order valence-electron chi connectivity index (χ3n) is 4.08. The number of aryl methyl sites for hydroxylation is 1. The third kappa shape index (κ3) is 3.52. The molecule has 1 N–H and O–H groups in total. The minimum Gasteiger partial charge on any atom is -0.449 e. The van der Waals surface area contributed by atoms with Crippen molar-refractivity contribution in [2.45, 2.75) is 26.9 Å². The molecule has 0 saturated carbocycles. The van der Waals surface area contributed by atoms with Crippen LogP contribution in [0.2, 0.25) is 0 Å². The van der Waals surface area contributed by atoms with Crippen LogP contribution in [0, 0.1) is 13.8 Å². The van der Waals surface area contributed by atoms with Gasteiger partial charge in [-0.1, -0.05) is 12.1 Å². The normalized spacial score (nSPS) is 12.0. The van der Waals surface area contributed by atoms with Gasteiger partial charge in [0.2, 0.25) is 0 Å². The lowest BCUT2D eigenvalue weighted by molar-refractivity contribution is -0.123. The van der Waals surface area contributed by atoms with E-state index in [-0.39, 0.29) is 5.91 Å². The van der Waals surface area contributed by atoms with E-state index in [1.807, 2.05) is 32.0 Å². The van der Waals surface area contributed by atoms with Gasteiger partial charge in [0.15, 0.2) is 18.1 Å². The Labute approximate surface area is 144 Å². The zero-order valence-electron chi connectivity index (χ0n) is 14.2. The molecule has 3 rings (SSSR count). The van der Waals surface area contributed by atoms with Crippen LogP contribution in [0.3, 0.4) is 0 Å². The number of carbonyl (C=O) groups is 2. The number of benzene rings is 2. The Balaban J connectivity index is 1.68. The van der Waals surface area contributed by atoms with Crippen LogP contribution in [-0.4, -0.2) is 23.0 Å². The summed E-state index contributed by atoms with van der Waals surface area (Å²) < 4.78 is 10.4. The van der Waals surface area contributed by atoms with Crippen LogP contribution in [-0.2, 0) is 9.53 Å². The second-order valence-corrected chi connectivity index (χ2v) is 5.82. The van der Waals surface area contributed by atoms with Gasteiger partial charge in [-0.2, -0.15) is 0 Å².